The summed E-state index contributed by atoms with van der Waals surface area (Å²) in [6.45, 7) is 5.03. The van der Waals surface area contributed by atoms with Gasteiger partial charge in [0.25, 0.3) is 0 Å². The Morgan fingerprint density at radius 2 is 2.05 bits per heavy atom. The van der Waals surface area contributed by atoms with E-state index in [9.17, 15) is 5.11 Å². The van der Waals surface area contributed by atoms with Crippen molar-refractivity contribution in [2.45, 2.75) is 19.5 Å². The Morgan fingerprint density at radius 1 is 1.27 bits per heavy atom. The highest BCUT2D eigenvalue weighted by Crippen LogP contribution is 2.19. The third-order valence-corrected chi connectivity index (χ3v) is 4.04. The van der Waals surface area contributed by atoms with Gasteiger partial charge in [-0.1, -0.05) is 24.3 Å². The van der Waals surface area contributed by atoms with Gasteiger partial charge in [-0.2, -0.15) is 0 Å². The zero-order chi connectivity index (χ0) is 15.4. The van der Waals surface area contributed by atoms with Crippen LogP contribution in [0.25, 0.3) is 11.4 Å². The van der Waals surface area contributed by atoms with E-state index in [0.29, 0.717) is 13.2 Å². The Bertz CT molecular complexity index is 616. The molecule has 0 spiro atoms. The predicted molar refractivity (Wildman–Crippen MR) is 84.3 cm³/mol. The number of aromatic nitrogens is 2. The lowest BCUT2D eigenvalue weighted by molar-refractivity contribution is -0.0313. The van der Waals surface area contributed by atoms with Crippen molar-refractivity contribution in [3.8, 4) is 11.4 Å². The van der Waals surface area contributed by atoms with Crippen LogP contribution < -0.4 is 0 Å². The maximum atomic E-state index is 9.41. The first-order valence-electron chi connectivity index (χ1n) is 7.57. The summed E-state index contributed by atoms with van der Waals surface area (Å²) in [6.07, 6.45) is 3.75. The monoisotopic (exact) mass is 299 g/mol. The van der Waals surface area contributed by atoms with E-state index in [2.05, 4.69) is 27.9 Å². The Balaban J connectivity index is 1.73. The highest BCUT2D eigenvalue weighted by Gasteiger charge is 2.22. The van der Waals surface area contributed by atoms with Gasteiger partial charge in [0.1, 0.15) is 0 Å². The van der Waals surface area contributed by atoms with Gasteiger partial charge < -0.3 is 9.84 Å². The summed E-state index contributed by atoms with van der Waals surface area (Å²) in [5.41, 5.74) is 3.29. The number of benzene rings is 1. The second-order valence-electron chi connectivity index (χ2n) is 5.61. The van der Waals surface area contributed by atoms with Crippen LogP contribution >= 0.6 is 0 Å². The van der Waals surface area contributed by atoms with E-state index in [1.807, 2.05) is 30.6 Å². The Kier molecular flexibility index (Phi) is 4.77. The largest absolute Gasteiger partial charge is 0.395 e. The number of rotatable bonds is 4. The van der Waals surface area contributed by atoms with Crippen LogP contribution in [0.3, 0.4) is 0 Å². The molecule has 1 unspecified atom stereocenters. The van der Waals surface area contributed by atoms with E-state index >= 15 is 0 Å². The van der Waals surface area contributed by atoms with Crippen molar-refractivity contribution in [2.75, 3.05) is 26.4 Å². The number of morpholine rings is 1. The number of ether oxygens (including phenoxy) is 1. The molecule has 1 aliphatic rings. The Labute approximate surface area is 130 Å². The topological polar surface area (TPSA) is 58.5 Å². The lowest BCUT2D eigenvalue weighted by Gasteiger charge is -2.34. The third kappa shape index (κ3) is 3.32. The van der Waals surface area contributed by atoms with E-state index in [1.165, 1.54) is 5.56 Å². The van der Waals surface area contributed by atoms with Gasteiger partial charge in [0.05, 0.1) is 25.9 Å². The molecule has 22 heavy (non-hydrogen) atoms. The molecule has 2 heterocycles. The molecule has 1 atom stereocenters. The first-order valence-corrected chi connectivity index (χ1v) is 7.57. The van der Waals surface area contributed by atoms with Crippen molar-refractivity contribution in [1.82, 2.24) is 14.9 Å². The molecule has 0 bridgehead atoms. The van der Waals surface area contributed by atoms with Gasteiger partial charge in [-0.05, 0) is 12.5 Å². The van der Waals surface area contributed by atoms with Crippen molar-refractivity contribution in [3.63, 3.8) is 0 Å². The van der Waals surface area contributed by atoms with Crippen molar-refractivity contribution in [2.24, 2.45) is 0 Å². The number of hydrogen-bond acceptors (Lipinski definition) is 5. The SMILES string of the molecule is Cc1ccccc1-c1ncc(CN2CCOCC2CO)cn1. The Morgan fingerprint density at radius 3 is 2.77 bits per heavy atom. The minimum Gasteiger partial charge on any atom is -0.395 e. The summed E-state index contributed by atoms with van der Waals surface area (Å²) >= 11 is 0. The molecule has 3 rings (SSSR count). The summed E-state index contributed by atoms with van der Waals surface area (Å²) in [5.74, 6) is 0.752. The standard InChI is InChI=1S/C17H21N3O2/c1-13-4-2-3-5-16(13)17-18-8-14(9-19-17)10-20-6-7-22-12-15(20)11-21/h2-5,8-9,15,21H,6-7,10-12H2,1H3. The first kappa shape index (κ1) is 15.1. The molecule has 1 fully saturated rings. The predicted octanol–water partition coefficient (Wildman–Crippen LogP) is 1.65. The summed E-state index contributed by atoms with van der Waals surface area (Å²) < 4.78 is 5.40. The molecule has 0 amide bonds. The van der Waals surface area contributed by atoms with E-state index in [1.54, 1.807) is 0 Å². The summed E-state index contributed by atoms with van der Waals surface area (Å²) in [7, 11) is 0. The summed E-state index contributed by atoms with van der Waals surface area (Å²) in [4.78, 5) is 11.2. The molecule has 0 saturated carbocycles. The molecule has 1 aliphatic heterocycles. The van der Waals surface area contributed by atoms with Gasteiger partial charge in [0.15, 0.2) is 5.82 Å². The maximum Gasteiger partial charge on any atom is 0.159 e. The minimum absolute atomic E-state index is 0.0600. The molecule has 5 heteroatoms. The third-order valence-electron chi connectivity index (χ3n) is 4.04. The van der Waals surface area contributed by atoms with Crippen molar-refractivity contribution < 1.29 is 9.84 Å². The number of aliphatic hydroxyl groups is 1. The molecule has 0 aliphatic carbocycles. The molecule has 116 valence electrons. The van der Waals surface area contributed by atoms with Gasteiger partial charge >= 0.3 is 0 Å². The lowest BCUT2D eigenvalue weighted by atomic mass is 10.1. The van der Waals surface area contributed by atoms with Crippen LogP contribution in [0.1, 0.15) is 11.1 Å². The van der Waals surface area contributed by atoms with E-state index in [-0.39, 0.29) is 12.6 Å². The van der Waals surface area contributed by atoms with E-state index in [0.717, 1.165) is 30.0 Å². The van der Waals surface area contributed by atoms with Crippen LogP contribution in [-0.2, 0) is 11.3 Å². The smallest absolute Gasteiger partial charge is 0.159 e. The number of aryl methyl sites for hydroxylation is 1. The van der Waals surface area contributed by atoms with Crippen LogP contribution in [0.4, 0.5) is 0 Å². The zero-order valence-electron chi connectivity index (χ0n) is 12.8. The van der Waals surface area contributed by atoms with Gasteiger partial charge in [0, 0.05) is 36.6 Å². The number of aliphatic hydroxyl groups excluding tert-OH is 1. The van der Waals surface area contributed by atoms with Crippen LogP contribution in [0.5, 0.6) is 0 Å². The van der Waals surface area contributed by atoms with Crippen molar-refractivity contribution in [1.29, 1.82) is 0 Å². The summed E-state index contributed by atoms with van der Waals surface area (Å²) in [5, 5.41) is 9.41. The highest BCUT2D eigenvalue weighted by atomic mass is 16.5. The fourth-order valence-corrected chi connectivity index (χ4v) is 2.70. The second kappa shape index (κ2) is 6.96. The molecule has 2 aromatic rings. The van der Waals surface area contributed by atoms with Gasteiger partial charge in [-0.3, -0.25) is 4.90 Å². The van der Waals surface area contributed by atoms with Crippen LogP contribution in [0.2, 0.25) is 0 Å². The van der Waals surface area contributed by atoms with Gasteiger partial charge in [0.2, 0.25) is 0 Å². The second-order valence-corrected chi connectivity index (χ2v) is 5.61. The normalized spacial score (nSPS) is 19.3. The average molecular weight is 299 g/mol. The quantitative estimate of drug-likeness (QED) is 0.930. The molecule has 1 aromatic carbocycles. The molecule has 1 N–H and O–H groups in total. The fraction of sp³-hybridized carbons (Fsp3) is 0.412. The molecule has 1 saturated heterocycles. The Hall–Kier alpha value is -1.82. The summed E-state index contributed by atoms with van der Waals surface area (Å²) in [6, 6.07) is 8.17. The molecular weight excluding hydrogens is 278 g/mol. The maximum absolute atomic E-state index is 9.41. The van der Waals surface area contributed by atoms with Gasteiger partial charge in [-0.15, -0.1) is 0 Å². The van der Waals surface area contributed by atoms with Crippen LogP contribution in [-0.4, -0.2) is 52.4 Å². The van der Waals surface area contributed by atoms with Crippen LogP contribution in [0, 0.1) is 6.92 Å². The van der Waals surface area contributed by atoms with E-state index in [4.69, 9.17) is 4.74 Å². The van der Waals surface area contributed by atoms with Crippen molar-refractivity contribution in [3.05, 3.63) is 47.8 Å². The molecule has 0 radical (unpaired) electrons. The molecule has 5 nitrogen and oxygen atoms in total. The van der Waals surface area contributed by atoms with Crippen molar-refractivity contribution >= 4 is 0 Å². The fourth-order valence-electron chi connectivity index (χ4n) is 2.70. The minimum atomic E-state index is 0.0600. The molecular formula is C17H21N3O2. The zero-order valence-corrected chi connectivity index (χ0v) is 12.8. The van der Waals surface area contributed by atoms with Gasteiger partial charge in [-0.25, -0.2) is 9.97 Å². The van der Waals surface area contributed by atoms with E-state index < -0.39 is 0 Å². The highest BCUT2D eigenvalue weighted by molar-refractivity contribution is 5.59. The van der Waals surface area contributed by atoms with Crippen LogP contribution in [0.15, 0.2) is 36.7 Å². The first-order chi connectivity index (χ1) is 10.8. The average Bonchev–Trinajstić information content (AvgIpc) is 2.57. The molecule has 1 aromatic heterocycles. The lowest BCUT2D eigenvalue weighted by Crippen LogP contribution is -2.46. The number of hydrogen-bond donors (Lipinski definition) is 1. The number of nitrogens with zero attached hydrogens (tertiary/aromatic N) is 3.